The summed E-state index contributed by atoms with van der Waals surface area (Å²) >= 11 is 0. The number of pyridine rings is 1. The molecule has 1 atom stereocenters. The van der Waals surface area contributed by atoms with Gasteiger partial charge < -0.3 is 14.6 Å². The first-order valence-corrected chi connectivity index (χ1v) is 10.8. The zero-order valence-electron chi connectivity index (χ0n) is 18.2. The molecule has 8 heteroatoms. The first-order valence-electron chi connectivity index (χ1n) is 10.8. The number of ether oxygens (including phenoxy) is 1. The number of aromatic amines is 1. The van der Waals surface area contributed by atoms with Gasteiger partial charge in [0, 0.05) is 10.9 Å². The summed E-state index contributed by atoms with van der Waals surface area (Å²) in [6, 6.07) is 7.53. The van der Waals surface area contributed by atoms with E-state index in [1.165, 1.54) is 11.3 Å². The SMILES string of the molecule is CCOc1ccc2[nH]c(=O)c([C@H](c3nnnn3C(C)(C)C)[NH+]3CCCCC3)cc2c1. The van der Waals surface area contributed by atoms with Crippen molar-refractivity contribution < 1.29 is 9.64 Å². The summed E-state index contributed by atoms with van der Waals surface area (Å²) < 4.78 is 7.52. The Bertz CT molecular complexity index is 1080. The maximum atomic E-state index is 13.2. The number of piperidine rings is 1. The minimum atomic E-state index is -0.280. The van der Waals surface area contributed by atoms with E-state index in [-0.39, 0.29) is 17.1 Å². The molecule has 0 radical (unpaired) electrons. The smallest absolute Gasteiger partial charge is 0.258 e. The molecule has 0 bridgehead atoms. The molecule has 0 spiro atoms. The molecule has 0 unspecified atom stereocenters. The van der Waals surface area contributed by atoms with Gasteiger partial charge in [-0.3, -0.25) is 4.79 Å². The van der Waals surface area contributed by atoms with Crippen LogP contribution in [0.1, 0.15) is 64.4 Å². The highest BCUT2D eigenvalue weighted by atomic mass is 16.5. The maximum absolute atomic E-state index is 13.2. The van der Waals surface area contributed by atoms with Gasteiger partial charge in [0.05, 0.1) is 30.8 Å². The fourth-order valence-corrected chi connectivity index (χ4v) is 4.36. The molecule has 30 heavy (non-hydrogen) atoms. The zero-order chi connectivity index (χ0) is 21.3. The molecule has 3 aromatic rings. The highest BCUT2D eigenvalue weighted by Crippen LogP contribution is 2.25. The number of benzene rings is 1. The number of rotatable bonds is 5. The van der Waals surface area contributed by atoms with Crippen molar-refractivity contribution in [2.24, 2.45) is 0 Å². The quantitative estimate of drug-likeness (QED) is 0.669. The maximum Gasteiger partial charge on any atom is 0.258 e. The molecule has 1 saturated heterocycles. The molecule has 2 aromatic heterocycles. The molecule has 3 heterocycles. The largest absolute Gasteiger partial charge is 0.494 e. The van der Waals surface area contributed by atoms with E-state index in [9.17, 15) is 4.79 Å². The van der Waals surface area contributed by atoms with E-state index in [0.717, 1.165) is 48.4 Å². The normalized spacial score (nSPS) is 16.7. The van der Waals surface area contributed by atoms with Gasteiger partial charge in [0.15, 0.2) is 6.04 Å². The summed E-state index contributed by atoms with van der Waals surface area (Å²) in [4.78, 5) is 17.6. The van der Waals surface area contributed by atoms with Crippen LogP contribution in [0.2, 0.25) is 0 Å². The summed E-state index contributed by atoms with van der Waals surface area (Å²) in [6.07, 6.45) is 3.51. The molecule has 0 amide bonds. The average molecular weight is 412 g/mol. The third-order valence-electron chi connectivity index (χ3n) is 5.76. The second kappa shape index (κ2) is 8.18. The Labute approximate surface area is 176 Å². The number of tetrazole rings is 1. The molecule has 0 aliphatic carbocycles. The molecule has 160 valence electrons. The summed E-state index contributed by atoms with van der Waals surface area (Å²) in [5.74, 6) is 1.54. The van der Waals surface area contributed by atoms with Crippen LogP contribution in [0, 0.1) is 0 Å². The number of fused-ring (bicyclic) bond motifs is 1. The van der Waals surface area contributed by atoms with Crippen molar-refractivity contribution in [2.45, 2.75) is 58.5 Å². The highest BCUT2D eigenvalue weighted by Gasteiger charge is 2.37. The molecule has 2 N–H and O–H groups in total. The van der Waals surface area contributed by atoms with Crippen molar-refractivity contribution in [1.82, 2.24) is 25.2 Å². The lowest BCUT2D eigenvalue weighted by Gasteiger charge is -2.32. The summed E-state index contributed by atoms with van der Waals surface area (Å²) in [6.45, 7) is 10.8. The Morgan fingerprint density at radius 2 is 1.97 bits per heavy atom. The van der Waals surface area contributed by atoms with Gasteiger partial charge in [0.25, 0.3) is 5.56 Å². The molecular formula is C22H31N6O2+. The van der Waals surface area contributed by atoms with Crippen LogP contribution < -0.4 is 15.2 Å². The predicted molar refractivity (Wildman–Crippen MR) is 115 cm³/mol. The third kappa shape index (κ3) is 3.96. The number of nitrogens with one attached hydrogen (secondary N) is 2. The van der Waals surface area contributed by atoms with Gasteiger partial charge >= 0.3 is 0 Å². The number of quaternary nitrogens is 1. The first-order chi connectivity index (χ1) is 14.4. The average Bonchev–Trinajstić information content (AvgIpc) is 3.20. The fourth-order valence-electron chi connectivity index (χ4n) is 4.36. The van der Waals surface area contributed by atoms with Crippen LogP contribution in [-0.4, -0.2) is 44.9 Å². The van der Waals surface area contributed by atoms with Crippen LogP contribution in [-0.2, 0) is 5.54 Å². The number of H-pyrrole nitrogens is 1. The molecular weight excluding hydrogens is 380 g/mol. The standard InChI is InChI=1S/C22H30N6O2/c1-5-30-16-9-10-18-15(13-16)14-17(21(29)23-18)19(27-11-7-6-8-12-27)20-24-25-26-28(20)22(2,3)4/h9-10,13-14,19H,5-8,11-12H2,1-4H3,(H,23,29)/p+1/t19-/m1/s1. The third-order valence-corrected chi connectivity index (χ3v) is 5.76. The van der Waals surface area contributed by atoms with E-state index in [0.29, 0.717) is 12.2 Å². The van der Waals surface area contributed by atoms with Crippen molar-refractivity contribution in [1.29, 1.82) is 0 Å². The van der Waals surface area contributed by atoms with Crippen molar-refractivity contribution in [2.75, 3.05) is 19.7 Å². The van der Waals surface area contributed by atoms with Crippen molar-refractivity contribution in [3.05, 3.63) is 46.0 Å². The van der Waals surface area contributed by atoms with Crippen LogP contribution in [0.25, 0.3) is 10.9 Å². The Morgan fingerprint density at radius 1 is 1.20 bits per heavy atom. The number of nitrogens with zero attached hydrogens (tertiary/aromatic N) is 4. The van der Waals surface area contributed by atoms with Crippen LogP contribution in [0.15, 0.2) is 29.1 Å². The molecule has 1 fully saturated rings. The second-order valence-electron chi connectivity index (χ2n) is 9.01. The molecule has 0 saturated carbocycles. The topological polar surface area (TPSA) is 90.1 Å². The van der Waals surface area contributed by atoms with Gasteiger partial charge in [-0.1, -0.05) is 0 Å². The lowest BCUT2D eigenvalue weighted by atomic mass is 9.99. The molecule has 8 nitrogen and oxygen atoms in total. The highest BCUT2D eigenvalue weighted by molar-refractivity contribution is 5.80. The van der Waals surface area contributed by atoms with E-state index in [2.05, 4.69) is 41.3 Å². The van der Waals surface area contributed by atoms with Crippen LogP contribution in [0.5, 0.6) is 5.75 Å². The Balaban J connectivity index is 1.88. The van der Waals surface area contributed by atoms with Gasteiger partial charge in [-0.25, -0.2) is 4.68 Å². The fraction of sp³-hybridized carbons (Fsp3) is 0.545. The molecule has 4 rings (SSSR count). The van der Waals surface area contributed by atoms with Gasteiger partial charge in [-0.15, -0.1) is 5.10 Å². The first kappa shape index (κ1) is 20.5. The molecule has 1 aliphatic rings. The van der Waals surface area contributed by atoms with E-state index in [1.54, 1.807) is 0 Å². The number of likely N-dealkylation sites (tertiary alicyclic amines) is 1. The lowest BCUT2D eigenvalue weighted by Crippen LogP contribution is -3.13. The monoisotopic (exact) mass is 411 g/mol. The summed E-state index contributed by atoms with van der Waals surface area (Å²) in [5.41, 5.74) is 1.14. The van der Waals surface area contributed by atoms with Crippen molar-refractivity contribution in [3.63, 3.8) is 0 Å². The molecule has 1 aliphatic heterocycles. The van der Waals surface area contributed by atoms with Crippen LogP contribution in [0.4, 0.5) is 0 Å². The van der Waals surface area contributed by atoms with Gasteiger partial charge in [-0.2, -0.15) is 0 Å². The van der Waals surface area contributed by atoms with Gasteiger partial charge in [-0.05, 0) is 81.6 Å². The lowest BCUT2D eigenvalue weighted by molar-refractivity contribution is -0.931. The van der Waals surface area contributed by atoms with Gasteiger partial charge in [0.2, 0.25) is 5.82 Å². The van der Waals surface area contributed by atoms with Gasteiger partial charge in [0.1, 0.15) is 5.75 Å². The van der Waals surface area contributed by atoms with Crippen molar-refractivity contribution >= 4 is 10.9 Å². The number of hydrogen-bond donors (Lipinski definition) is 2. The summed E-state index contributed by atoms with van der Waals surface area (Å²) in [5, 5.41) is 13.6. The number of hydrogen-bond acceptors (Lipinski definition) is 5. The Kier molecular flexibility index (Phi) is 5.60. The Morgan fingerprint density at radius 3 is 2.67 bits per heavy atom. The summed E-state index contributed by atoms with van der Waals surface area (Å²) in [7, 11) is 0. The minimum absolute atomic E-state index is 0.0850. The van der Waals surface area contributed by atoms with E-state index in [1.807, 2.05) is 35.9 Å². The van der Waals surface area contributed by atoms with E-state index in [4.69, 9.17) is 4.74 Å². The van der Waals surface area contributed by atoms with Crippen LogP contribution in [0.3, 0.4) is 0 Å². The van der Waals surface area contributed by atoms with E-state index < -0.39 is 0 Å². The van der Waals surface area contributed by atoms with Crippen molar-refractivity contribution in [3.8, 4) is 5.75 Å². The molecule has 1 aromatic carbocycles. The van der Waals surface area contributed by atoms with Crippen LogP contribution >= 0.6 is 0 Å². The minimum Gasteiger partial charge on any atom is -0.494 e. The van der Waals surface area contributed by atoms with E-state index >= 15 is 0 Å². The Hall–Kier alpha value is -2.74. The number of aromatic nitrogens is 5. The predicted octanol–water partition coefficient (Wildman–Crippen LogP) is 1.83. The second-order valence-corrected chi connectivity index (χ2v) is 9.01. The zero-order valence-corrected chi connectivity index (χ0v) is 18.2.